The molecule has 3 aliphatic heterocycles. The van der Waals surface area contributed by atoms with Crippen molar-refractivity contribution in [3.8, 4) is 6.07 Å². The molecule has 12 nitrogen and oxygen atoms in total. The van der Waals surface area contributed by atoms with Crippen LogP contribution in [0.2, 0.25) is 0 Å². The highest BCUT2D eigenvalue weighted by Gasteiger charge is 2.50. The Morgan fingerprint density at radius 2 is 2.05 bits per heavy atom. The zero-order valence-electron chi connectivity index (χ0n) is 20.4. The molecule has 0 spiro atoms. The van der Waals surface area contributed by atoms with E-state index in [1.165, 1.54) is 15.6 Å². The van der Waals surface area contributed by atoms with Crippen molar-refractivity contribution in [3.63, 3.8) is 0 Å². The minimum atomic E-state index is -3.58. The van der Waals surface area contributed by atoms with Gasteiger partial charge in [0.2, 0.25) is 5.95 Å². The number of anilines is 3. The smallest absolute Gasteiger partial charge is 0.282 e. The number of H-pyrrole nitrogens is 1. The van der Waals surface area contributed by atoms with Crippen molar-refractivity contribution in [3.05, 3.63) is 23.3 Å². The first-order chi connectivity index (χ1) is 17.9. The predicted molar refractivity (Wildman–Crippen MR) is 139 cm³/mol. The zero-order valence-corrected chi connectivity index (χ0v) is 22.0. The van der Waals surface area contributed by atoms with Crippen LogP contribution in [0.15, 0.2) is 18.5 Å². The molecule has 3 saturated heterocycles. The van der Waals surface area contributed by atoms with Crippen LogP contribution in [-0.2, 0) is 16.8 Å². The number of nitriles is 1. The lowest BCUT2D eigenvalue weighted by Gasteiger charge is -2.51. The van der Waals surface area contributed by atoms with Crippen LogP contribution in [0, 0.1) is 17.2 Å². The Morgan fingerprint density at radius 3 is 2.73 bits per heavy atom. The molecule has 3 aromatic heterocycles. The van der Waals surface area contributed by atoms with Gasteiger partial charge in [-0.1, -0.05) is 17.8 Å². The molecule has 3 aromatic rings. The monoisotopic (exact) mass is 543 g/mol. The van der Waals surface area contributed by atoms with Crippen molar-refractivity contribution in [2.24, 2.45) is 5.92 Å². The van der Waals surface area contributed by atoms with E-state index in [2.05, 4.69) is 26.3 Å². The highest BCUT2D eigenvalue weighted by atomic mass is 32.2. The van der Waals surface area contributed by atoms with E-state index in [0.717, 1.165) is 29.5 Å². The van der Waals surface area contributed by atoms with E-state index in [0.29, 0.717) is 35.4 Å². The van der Waals surface area contributed by atoms with Gasteiger partial charge in [-0.25, -0.2) is 4.98 Å². The van der Waals surface area contributed by atoms with Gasteiger partial charge in [0.1, 0.15) is 11.5 Å². The van der Waals surface area contributed by atoms with Gasteiger partial charge < -0.3 is 20.3 Å². The summed E-state index contributed by atoms with van der Waals surface area (Å²) in [6.07, 6.45) is 7.52. The van der Waals surface area contributed by atoms with Gasteiger partial charge in [0, 0.05) is 50.7 Å². The lowest BCUT2D eigenvalue weighted by Crippen LogP contribution is -2.64. The third-order valence-electron chi connectivity index (χ3n) is 7.71. The lowest BCUT2D eigenvalue weighted by molar-refractivity contribution is 0.0930. The molecule has 0 aromatic carbocycles. The maximum atomic E-state index is 13.4. The molecule has 3 aliphatic rings. The van der Waals surface area contributed by atoms with Gasteiger partial charge in [0.15, 0.2) is 5.13 Å². The normalized spacial score (nSPS) is 25.1. The molecular weight excluding hydrogens is 514 g/mol. The summed E-state index contributed by atoms with van der Waals surface area (Å²) in [6.45, 7) is 0.512. The summed E-state index contributed by atoms with van der Waals surface area (Å²) in [6, 6.07) is 4.00. The molecule has 6 rings (SSSR count). The van der Waals surface area contributed by atoms with Crippen LogP contribution in [0.25, 0.3) is 11.0 Å². The van der Waals surface area contributed by atoms with Crippen molar-refractivity contribution in [1.82, 2.24) is 28.5 Å². The Morgan fingerprint density at radius 1 is 1.30 bits per heavy atom. The van der Waals surface area contributed by atoms with E-state index in [4.69, 9.17) is 15.2 Å². The second kappa shape index (κ2) is 9.48. The summed E-state index contributed by atoms with van der Waals surface area (Å²) in [5.41, 5.74) is 0.698. The minimum absolute atomic E-state index is 0.0654. The number of nitrogens with zero attached hydrogens (tertiary/aromatic N) is 7. The van der Waals surface area contributed by atoms with E-state index in [-0.39, 0.29) is 43.7 Å². The molecule has 196 valence electrons. The fourth-order valence-electron chi connectivity index (χ4n) is 5.73. The minimum Gasteiger partial charge on any atom is -0.391 e. The Kier molecular flexibility index (Phi) is 6.28. The van der Waals surface area contributed by atoms with Crippen molar-refractivity contribution in [2.45, 2.75) is 56.8 Å². The first kappa shape index (κ1) is 24.5. The van der Waals surface area contributed by atoms with Crippen LogP contribution < -0.4 is 10.2 Å². The molecule has 3 fully saturated rings. The second-order valence-corrected chi connectivity index (χ2v) is 12.9. The molecule has 0 radical (unpaired) electrons. The molecule has 14 heteroatoms. The molecule has 3 N–H and O–H groups in total. The molecule has 0 amide bonds. The van der Waals surface area contributed by atoms with Crippen LogP contribution in [-0.4, -0.2) is 80.3 Å². The molecule has 0 aliphatic carbocycles. The van der Waals surface area contributed by atoms with Crippen LogP contribution in [0.4, 0.5) is 16.9 Å². The van der Waals surface area contributed by atoms with Gasteiger partial charge in [-0.3, -0.25) is 0 Å². The maximum Gasteiger partial charge on any atom is 0.282 e. The molecule has 3 atom stereocenters. The Labute approximate surface area is 219 Å². The number of hydrogen-bond donors (Lipinski definition) is 3. The highest BCUT2D eigenvalue weighted by molar-refractivity contribution is 7.86. The average molecular weight is 544 g/mol. The SMILES string of the molecule is CN(c1nc(Nc2ncc(CO)s2)c2cc[nH]c2n1)[C@@H]1C[C@H]2CCC[C@@H](C1)N2S(=O)(=O)N1CC(C#N)C1. The fraction of sp³-hybridized carbons (Fsp3) is 0.565. The summed E-state index contributed by atoms with van der Waals surface area (Å²) in [5.74, 6) is 0.966. The number of nitrogens with one attached hydrogen (secondary N) is 2. The van der Waals surface area contributed by atoms with Crippen molar-refractivity contribution in [1.29, 1.82) is 5.26 Å². The third kappa shape index (κ3) is 4.34. The van der Waals surface area contributed by atoms with Crippen LogP contribution in [0.5, 0.6) is 0 Å². The van der Waals surface area contributed by atoms with Gasteiger partial charge >= 0.3 is 0 Å². The van der Waals surface area contributed by atoms with Gasteiger partial charge in [-0.05, 0) is 31.7 Å². The van der Waals surface area contributed by atoms with E-state index in [1.54, 1.807) is 10.5 Å². The van der Waals surface area contributed by atoms with Gasteiger partial charge in [0.05, 0.1) is 28.9 Å². The van der Waals surface area contributed by atoms with Gasteiger partial charge in [-0.15, -0.1) is 0 Å². The number of fused-ring (bicyclic) bond motifs is 3. The van der Waals surface area contributed by atoms with Gasteiger partial charge in [-0.2, -0.15) is 32.3 Å². The molecule has 0 saturated carbocycles. The summed E-state index contributed by atoms with van der Waals surface area (Å²) < 4.78 is 30.0. The first-order valence-corrected chi connectivity index (χ1v) is 14.7. The molecule has 0 unspecified atom stereocenters. The van der Waals surface area contributed by atoms with E-state index in [9.17, 15) is 13.5 Å². The van der Waals surface area contributed by atoms with Crippen molar-refractivity contribution >= 4 is 49.5 Å². The standard InChI is InChI=1S/C23H29N9O3S2/c1-30(22-27-20-19(5-6-25-20)21(28-22)29-23-26-10-18(13-33)36-23)17-7-15-3-2-4-16(8-17)32(15)37(34,35)31-11-14(9-24)12-31/h5-6,10,14-17,33H,2-4,7-8,11-13H2,1H3,(H2,25,26,27,28,29)/t15-,16+,17-. The fourth-order valence-corrected chi connectivity index (χ4v) is 8.54. The topological polar surface area (TPSA) is 154 Å². The van der Waals surface area contributed by atoms with Crippen LogP contribution in [0.3, 0.4) is 0 Å². The number of hydrogen-bond acceptors (Lipinski definition) is 10. The molecule has 37 heavy (non-hydrogen) atoms. The molecule has 6 heterocycles. The summed E-state index contributed by atoms with van der Waals surface area (Å²) in [5, 5.41) is 23.2. The summed E-state index contributed by atoms with van der Waals surface area (Å²) >= 11 is 1.36. The van der Waals surface area contributed by atoms with E-state index < -0.39 is 10.2 Å². The summed E-state index contributed by atoms with van der Waals surface area (Å²) in [4.78, 5) is 19.9. The summed E-state index contributed by atoms with van der Waals surface area (Å²) in [7, 11) is -1.61. The Bertz CT molecular complexity index is 1430. The molecule has 2 bridgehead atoms. The predicted octanol–water partition coefficient (Wildman–Crippen LogP) is 2.17. The maximum absolute atomic E-state index is 13.4. The van der Waals surface area contributed by atoms with Gasteiger partial charge in [0.25, 0.3) is 10.2 Å². The number of aromatic nitrogens is 4. The van der Waals surface area contributed by atoms with Crippen molar-refractivity contribution < 1.29 is 13.5 Å². The third-order valence-corrected chi connectivity index (χ3v) is 10.7. The van der Waals surface area contributed by atoms with Crippen LogP contribution in [0.1, 0.15) is 37.0 Å². The molecular formula is C23H29N9O3S2. The van der Waals surface area contributed by atoms with E-state index >= 15 is 0 Å². The van der Waals surface area contributed by atoms with Crippen molar-refractivity contribution in [2.75, 3.05) is 30.4 Å². The number of aliphatic hydroxyl groups excluding tert-OH is 1. The number of piperidine rings is 2. The average Bonchev–Trinajstić information content (AvgIpc) is 3.51. The highest BCUT2D eigenvalue weighted by Crippen LogP contribution is 2.40. The lowest BCUT2D eigenvalue weighted by atomic mass is 9.83. The number of aliphatic hydroxyl groups is 1. The number of thiazole rings is 1. The quantitative estimate of drug-likeness (QED) is 0.407. The Hall–Kier alpha value is -2.83. The zero-order chi connectivity index (χ0) is 25.7. The first-order valence-electron chi connectivity index (χ1n) is 12.5. The van der Waals surface area contributed by atoms with Crippen LogP contribution >= 0.6 is 11.3 Å². The number of rotatable bonds is 7. The Balaban J connectivity index is 1.24. The number of aromatic amines is 1. The van der Waals surface area contributed by atoms with E-state index in [1.807, 2.05) is 19.3 Å². The second-order valence-electron chi connectivity index (χ2n) is 9.98. The largest absolute Gasteiger partial charge is 0.391 e.